The number of hydrogen-bond acceptors (Lipinski definition) is 2. The fraction of sp³-hybridized carbons (Fsp3) is 0.391. The summed E-state index contributed by atoms with van der Waals surface area (Å²) in [6.45, 7) is 0.748. The summed E-state index contributed by atoms with van der Waals surface area (Å²) >= 11 is 6.01. The fourth-order valence-corrected chi connectivity index (χ4v) is 4.32. The van der Waals surface area contributed by atoms with Crippen LogP contribution in [0.5, 0.6) is 0 Å². The first-order chi connectivity index (χ1) is 13.6. The van der Waals surface area contributed by atoms with Crippen molar-refractivity contribution in [1.82, 2.24) is 0 Å². The van der Waals surface area contributed by atoms with Gasteiger partial charge in [0.1, 0.15) is 0 Å². The molecular weight excluding hydrogens is 372 g/mol. The summed E-state index contributed by atoms with van der Waals surface area (Å²) in [6, 6.07) is 13.5. The van der Waals surface area contributed by atoms with E-state index in [1.165, 1.54) is 5.56 Å². The second kappa shape index (κ2) is 6.93. The van der Waals surface area contributed by atoms with Gasteiger partial charge in [0.25, 0.3) is 0 Å². The molecule has 0 spiro atoms. The van der Waals surface area contributed by atoms with Crippen LogP contribution >= 0.6 is 11.6 Å². The lowest BCUT2D eigenvalue weighted by Crippen LogP contribution is -2.30. The van der Waals surface area contributed by atoms with E-state index >= 15 is 0 Å². The normalized spacial score (nSPS) is 19.2. The van der Waals surface area contributed by atoms with E-state index in [1.807, 2.05) is 47.4 Å². The minimum Gasteiger partial charge on any atom is -0.325 e. The molecule has 1 unspecified atom stereocenters. The van der Waals surface area contributed by atoms with Crippen LogP contribution in [0.2, 0.25) is 5.02 Å². The van der Waals surface area contributed by atoms with E-state index < -0.39 is 0 Å². The number of fused-ring (bicyclic) bond motifs is 1. The molecule has 2 aromatic rings. The molecule has 1 heterocycles. The monoisotopic (exact) mass is 394 g/mol. The highest BCUT2D eigenvalue weighted by molar-refractivity contribution is 6.30. The third kappa shape index (κ3) is 3.42. The van der Waals surface area contributed by atoms with Gasteiger partial charge in [0.2, 0.25) is 11.8 Å². The quantitative estimate of drug-likeness (QED) is 0.793. The Morgan fingerprint density at radius 2 is 1.79 bits per heavy atom. The second-order valence-electron chi connectivity index (χ2n) is 8.21. The average Bonchev–Trinajstić information content (AvgIpc) is 3.60. The lowest BCUT2D eigenvalue weighted by molar-refractivity contribution is -0.119. The second-order valence-corrected chi connectivity index (χ2v) is 8.65. The van der Waals surface area contributed by atoms with Crippen LogP contribution in [0.25, 0.3) is 0 Å². The lowest BCUT2D eigenvalue weighted by Gasteiger charge is -2.20. The smallest absolute Gasteiger partial charge is 0.232 e. The van der Waals surface area contributed by atoms with Gasteiger partial charge in [0.05, 0.1) is 5.92 Å². The average molecular weight is 395 g/mol. The van der Waals surface area contributed by atoms with Gasteiger partial charge in [0.15, 0.2) is 0 Å². The first-order valence-electron chi connectivity index (χ1n) is 10.1. The van der Waals surface area contributed by atoms with E-state index in [9.17, 15) is 9.59 Å². The predicted octanol–water partition coefficient (Wildman–Crippen LogP) is 4.77. The van der Waals surface area contributed by atoms with Crippen LogP contribution in [-0.2, 0) is 16.0 Å². The van der Waals surface area contributed by atoms with Gasteiger partial charge < -0.3 is 10.2 Å². The van der Waals surface area contributed by atoms with Crippen molar-refractivity contribution in [2.24, 2.45) is 11.8 Å². The van der Waals surface area contributed by atoms with E-state index in [1.54, 1.807) is 0 Å². The highest BCUT2D eigenvalue weighted by Gasteiger charge is 2.38. The van der Waals surface area contributed by atoms with Gasteiger partial charge in [-0.25, -0.2) is 0 Å². The van der Waals surface area contributed by atoms with Gasteiger partial charge in [-0.2, -0.15) is 0 Å². The molecule has 2 aliphatic carbocycles. The number of amides is 2. The van der Waals surface area contributed by atoms with Crippen molar-refractivity contribution in [3.8, 4) is 0 Å². The van der Waals surface area contributed by atoms with Crippen LogP contribution in [0.3, 0.4) is 0 Å². The Morgan fingerprint density at radius 1 is 1.04 bits per heavy atom. The highest BCUT2D eigenvalue weighted by atomic mass is 35.5. The van der Waals surface area contributed by atoms with Gasteiger partial charge in [0, 0.05) is 28.9 Å². The summed E-state index contributed by atoms with van der Waals surface area (Å²) in [4.78, 5) is 27.5. The van der Waals surface area contributed by atoms with E-state index in [0.717, 1.165) is 55.6 Å². The number of carbonyl (C=O) groups excluding carboxylic acids is 2. The number of rotatable bonds is 5. The van der Waals surface area contributed by atoms with Crippen molar-refractivity contribution in [2.45, 2.75) is 38.0 Å². The standard InChI is InChI=1S/C23H23ClN2O2/c24-18-8-5-16(6-9-18)21(15-1-2-15)22(27)25-19-10-7-14-11-12-26(20(14)13-19)23(28)17-3-4-17/h5-10,13,15,17,21H,1-4,11-12H2,(H,25,27). The molecule has 28 heavy (non-hydrogen) atoms. The van der Waals surface area contributed by atoms with Crippen LogP contribution in [0.4, 0.5) is 11.4 Å². The molecule has 3 aliphatic rings. The van der Waals surface area contributed by atoms with Crippen molar-refractivity contribution in [3.63, 3.8) is 0 Å². The Kier molecular flexibility index (Phi) is 4.39. The maximum absolute atomic E-state index is 13.1. The third-order valence-electron chi connectivity index (χ3n) is 6.05. The summed E-state index contributed by atoms with van der Waals surface area (Å²) < 4.78 is 0. The molecule has 2 fully saturated rings. The summed E-state index contributed by atoms with van der Waals surface area (Å²) in [5.41, 5.74) is 3.92. The summed E-state index contributed by atoms with van der Waals surface area (Å²) in [7, 11) is 0. The molecular formula is C23H23ClN2O2. The van der Waals surface area contributed by atoms with Crippen LogP contribution in [0.15, 0.2) is 42.5 Å². The molecule has 1 N–H and O–H groups in total. The maximum atomic E-state index is 13.1. The number of nitrogens with zero attached hydrogens (tertiary/aromatic N) is 1. The summed E-state index contributed by atoms with van der Waals surface area (Å²) in [6.07, 6.45) is 5.05. The Balaban J connectivity index is 1.36. The van der Waals surface area contributed by atoms with E-state index in [2.05, 4.69) is 5.32 Å². The van der Waals surface area contributed by atoms with Crippen molar-refractivity contribution < 1.29 is 9.59 Å². The molecule has 0 saturated heterocycles. The molecule has 2 aromatic carbocycles. The van der Waals surface area contributed by atoms with E-state index in [0.29, 0.717) is 10.9 Å². The molecule has 0 radical (unpaired) electrons. The SMILES string of the molecule is O=C(Nc1ccc2c(c1)N(C(=O)C1CC1)CC2)C(c1ccc(Cl)cc1)C1CC1. The zero-order chi connectivity index (χ0) is 19.3. The number of benzene rings is 2. The minimum atomic E-state index is -0.158. The van der Waals surface area contributed by atoms with Crippen molar-refractivity contribution >= 4 is 34.8 Å². The van der Waals surface area contributed by atoms with E-state index in [-0.39, 0.29) is 23.7 Å². The van der Waals surface area contributed by atoms with Gasteiger partial charge in [-0.1, -0.05) is 29.8 Å². The topological polar surface area (TPSA) is 49.4 Å². The van der Waals surface area contributed by atoms with Gasteiger partial charge in [-0.3, -0.25) is 9.59 Å². The third-order valence-corrected chi connectivity index (χ3v) is 6.30. The lowest BCUT2D eigenvalue weighted by atomic mass is 9.93. The molecule has 0 aromatic heterocycles. The Hall–Kier alpha value is -2.33. The first kappa shape index (κ1) is 17.7. The number of nitrogens with one attached hydrogen (secondary N) is 1. The molecule has 0 bridgehead atoms. The van der Waals surface area contributed by atoms with Gasteiger partial charge in [-0.15, -0.1) is 0 Å². The van der Waals surface area contributed by atoms with Crippen LogP contribution in [-0.4, -0.2) is 18.4 Å². The van der Waals surface area contributed by atoms with Crippen molar-refractivity contribution in [3.05, 3.63) is 58.6 Å². The van der Waals surface area contributed by atoms with Crippen LogP contribution in [0.1, 0.15) is 42.7 Å². The fourth-order valence-electron chi connectivity index (χ4n) is 4.19. The first-order valence-corrected chi connectivity index (χ1v) is 10.5. The van der Waals surface area contributed by atoms with Crippen LogP contribution < -0.4 is 10.2 Å². The molecule has 4 nitrogen and oxygen atoms in total. The van der Waals surface area contributed by atoms with E-state index in [4.69, 9.17) is 11.6 Å². The zero-order valence-electron chi connectivity index (χ0n) is 15.7. The molecule has 1 aliphatic heterocycles. The number of anilines is 2. The van der Waals surface area contributed by atoms with Gasteiger partial charge in [-0.05, 0) is 73.4 Å². The van der Waals surface area contributed by atoms with Gasteiger partial charge >= 0.3 is 0 Å². The molecule has 5 rings (SSSR count). The highest BCUT2D eigenvalue weighted by Crippen LogP contribution is 2.44. The van der Waals surface area contributed by atoms with Crippen molar-refractivity contribution in [1.29, 1.82) is 0 Å². The summed E-state index contributed by atoms with van der Waals surface area (Å²) in [5, 5.41) is 3.78. The Labute approximate surface area is 169 Å². The molecule has 1 atom stereocenters. The largest absolute Gasteiger partial charge is 0.325 e. The predicted molar refractivity (Wildman–Crippen MR) is 111 cm³/mol. The van der Waals surface area contributed by atoms with Crippen molar-refractivity contribution in [2.75, 3.05) is 16.8 Å². The maximum Gasteiger partial charge on any atom is 0.232 e. The molecule has 2 saturated carbocycles. The number of halogens is 1. The Bertz CT molecular complexity index is 932. The summed E-state index contributed by atoms with van der Waals surface area (Å²) in [5.74, 6) is 0.689. The molecule has 144 valence electrons. The minimum absolute atomic E-state index is 0.0165. The number of hydrogen-bond donors (Lipinski definition) is 1. The van der Waals surface area contributed by atoms with Crippen LogP contribution in [0, 0.1) is 11.8 Å². The molecule has 5 heteroatoms. The Morgan fingerprint density at radius 3 is 2.46 bits per heavy atom. The zero-order valence-corrected chi connectivity index (χ0v) is 16.4. The molecule has 2 amide bonds. The number of carbonyl (C=O) groups is 2.